The summed E-state index contributed by atoms with van der Waals surface area (Å²) in [6, 6.07) is 5.93. The van der Waals surface area contributed by atoms with Crippen molar-refractivity contribution in [2.45, 2.75) is 51.4 Å². The van der Waals surface area contributed by atoms with Crippen molar-refractivity contribution in [2.24, 2.45) is 23.3 Å². The summed E-state index contributed by atoms with van der Waals surface area (Å²) in [5.74, 6) is 0.830. The van der Waals surface area contributed by atoms with Crippen LogP contribution in [0.25, 0.3) is 0 Å². The molecule has 1 aliphatic carbocycles. The van der Waals surface area contributed by atoms with E-state index >= 15 is 0 Å². The molecule has 1 atom stereocenters. The van der Waals surface area contributed by atoms with Gasteiger partial charge in [-0.3, -0.25) is 4.79 Å². The lowest BCUT2D eigenvalue weighted by atomic mass is 9.82. The molecule has 1 unspecified atom stereocenters. The van der Waals surface area contributed by atoms with Crippen molar-refractivity contribution in [3.8, 4) is 0 Å². The normalized spacial score (nSPS) is 24.8. The predicted molar refractivity (Wildman–Crippen MR) is 100 cm³/mol. The van der Waals surface area contributed by atoms with Crippen LogP contribution in [0.4, 0.5) is 0 Å². The summed E-state index contributed by atoms with van der Waals surface area (Å²) in [5, 5.41) is 0. The van der Waals surface area contributed by atoms with Crippen molar-refractivity contribution in [1.82, 2.24) is 0 Å². The van der Waals surface area contributed by atoms with Gasteiger partial charge in [0.15, 0.2) is 0 Å². The lowest BCUT2D eigenvalue weighted by molar-refractivity contribution is 0.0596. The Hall–Kier alpha value is -1.81. The predicted octanol–water partition coefficient (Wildman–Crippen LogP) is 3.33. The highest BCUT2D eigenvalue weighted by Crippen LogP contribution is 2.30. The van der Waals surface area contributed by atoms with Gasteiger partial charge in [-0.15, -0.1) is 0 Å². The monoisotopic (exact) mass is 342 g/mol. The van der Waals surface area contributed by atoms with Gasteiger partial charge in [-0.05, 0) is 86.5 Å². The molecule has 4 nitrogen and oxygen atoms in total. The first-order valence-electron chi connectivity index (χ1n) is 9.58. The van der Waals surface area contributed by atoms with E-state index in [1.807, 2.05) is 12.1 Å². The van der Waals surface area contributed by atoms with Crippen LogP contribution in [-0.2, 0) is 17.6 Å². The second-order valence-electron chi connectivity index (χ2n) is 7.47. The number of benzene rings is 1. The summed E-state index contributed by atoms with van der Waals surface area (Å²) in [6.07, 6.45) is 10.8. The number of allylic oxidation sites excluding steroid dienone is 2. The van der Waals surface area contributed by atoms with Crippen LogP contribution in [0.3, 0.4) is 0 Å². The fraction of sp³-hybridized carbons (Fsp3) is 0.571. The maximum absolute atomic E-state index is 11.5. The highest BCUT2D eigenvalue weighted by atomic mass is 16.5. The number of hydrogen-bond acceptors (Lipinski definition) is 3. The van der Waals surface area contributed by atoms with Crippen molar-refractivity contribution in [3.05, 3.63) is 46.7 Å². The van der Waals surface area contributed by atoms with Crippen LogP contribution < -0.4 is 11.5 Å². The van der Waals surface area contributed by atoms with Gasteiger partial charge in [0.1, 0.15) is 0 Å². The molecule has 1 aromatic rings. The Bertz CT molecular complexity index is 633. The van der Waals surface area contributed by atoms with Gasteiger partial charge >= 0.3 is 0 Å². The zero-order valence-electron chi connectivity index (χ0n) is 15.0. The SMILES string of the molecule is NC(=O)c1ccc2c(c1)CCC/C=C(\N)C(CC1CCOCC1)CC2. The molecule has 4 heteroatoms. The molecule has 0 spiro atoms. The molecular weight excluding hydrogens is 312 g/mol. The number of amides is 1. The van der Waals surface area contributed by atoms with E-state index in [0.29, 0.717) is 11.5 Å². The van der Waals surface area contributed by atoms with E-state index in [4.69, 9.17) is 16.2 Å². The van der Waals surface area contributed by atoms with Crippen LogP contribution in [0.2, 0.25) is 0 Å². The smallest absolute Gasteiger partial charge is 0.248 e. The van der Waals surface area contributed by atoms with Crippen LogP contribution in [0.15, 0.2) is 30.0 Å². The number of hydrogen-bond donors (Lipinski definition) is 2. The van der Waals surface area contributed by atoms with Crippen molar-refractivity contribution in [1.29, 1.82) is 0 Å². The number of ether oxygens (including phenoxy) is 1. The molecule has 1 aliphatic heterocycles. The van der Waals surface area contributed by atoms with E-state index in [2.05, 4.69) is 12.1 Å². The van der Waals surface area contributed by atoms with Gasteiger partial charge in [0, 0.05) is 24.5 Å². The quantitative estimate of drug-likeness (QED) is 0.884. The number of primary amides is 1. The van der Waals surface area contributed by atoms with Crippen molar-refractivity contribution in [3.63, 3.8) is 0 Å². The fourth-order valence-corrected chi connectivity index (χ4v) is 4.12. The van der Waals surface area contributed by atoms with Crippen molar-refractivity contribution >= 4 is 5.91 Å². The molecule has 3 rings (SSSR count). The Labute approximate surface area is 150 Å². The van der Waals surface area contributed by atoms with Crippen molar-refractivity contribution in [2.75, 3.05) is 13.2 Å². The molecule has 136 valence electrons. The molecule has 1 aromatic carbocycles. The third-order valence-electron chi connectivity index (χ3n) is 5.71. The zero-order valence-corrected chi connectivity index (χ0v) is 15.0. The molecule has 1 fully saturated rings. The Kier molecular flexibility index (Phi) is 6.14. The van der Waals surface area contributed by atoms with E-state index in [1.54, 1.807) is 0 Å². The highest BCUT2D eigenvalue weighted by Gasteiger charge is 2.22. The van der Waals surface area contributed by atoms with E-state index in [0.717, 1.165) is 69.8 Å². The number of rotatable bonds is 3. The number of aryl methyl sites for hydroxylation is 2. The van der Waals surface area contributed by atoms with E-state index in [9.17, 15) is 4.79 Å². The van der Waals surface area contributed by atoms with Crippen LogP contribution in [-0.4, -0.2) is 19.1 Å². The molecular formula is C21H30N2O2. The van der Waals surface area contributed by atoms with Gasteiger partial charge in [0.2, 0.25) is 5.91 Å². The molecule has 4 N–H and O–H groups in total. The van der Waals surface area contributed by atoms with Gasteiger partial charge in [-0.2, -0.15) is 0 Å². The number of carbonyl (C=O) groups is 1. The fourth-order valence-electron chi connectivity index (χ4n) is 4.12. The summed E-state index contributed by atoms with van der Waals surface area (Å²) in [4.78, 5) is 11.5. The van der Waals surface area contributed by atoms with Crippen molar-refractivity contribution < 1.29 is 9.53 Å². The average molecular weight is 342 g/mol. The molecule has 1 heterocycles. The maximum atomic E-state index is 11.5. The minimum atomic E-state index is -0.346. The molecule has 0 bridgehead atoms. The van der Waals surface area contributed by atoms with Gasteiger partial charge in [-0.1, -0.05) is 12.1 Å². The molecule has 2 aliphatic rings. The van der Waals surface area contributed by atoms with Crippen LogP contribution in [0.5, 0.6) is 0 Å². The Morgan fingerprint density at radius 2 is 1.92 bits per heavy atom. The first-order chi connectivity index (χ1) is 12.1. The van der Waals surface area contributed by atoms with Crippen LogP contribution >= 0.6 is 0 Å². The third-order valence-corrected chi connectivity index (χ3v) is 5.71. The Morgan fingerprint density at radius 1 is 1.12 bits per heavy atom. The van der Waals surface area contributed by atoms with Gasteiger partial charge in [-0.25, -0.2) is 0 Å². The van der Waals surface area contributed by atoms with Gasteiger partial charge in [0.05, 0.1) is 0 Å². The first kappa shape index (κ1) is 18.0. The topological polar surface area (TPSA) is 78.3 Å². The third kappa shape index (κ3) is 4.85. The summed E-state index contributed by atoms with van der Waals surface area (Å²) in [5.41, 5.74) is 16.2. The highest BCUT2D eigenvalue weighted by molar-refractivity contribution is 5.93. The molecule has 0 radical (unpaired) electrons. The lowest BCUT2D eigenvalue weighted by Crippen LogP contribution is -2.22. The van der Waals surface area contributed by atoms with Crippen LogP contribution in [0, 0.1) is 11.8 Å². The molecule has 25 heavy (non-hydrogen) atoms. The largest absolute Gasteiger partial charge is 0.402 e. The lowest BCUT2D eigenvalue weighted by Gasteiger charge is -2.28. The maximum Gasteiger partial charge on any atom is 0.248 e. The van der Waals surface area contributed by atoms with E-state index < -0.39 is 0 Å². The second kappa shape index (κ2) is 8.52. The summed E-state index contributed by atoms with van der Waals surface area (Å²) in [6.45, 7) is 1.78. The minimum absolute atomic E-state index is 0.346. The molecule has 0 aromatic heterocycles. The Morgan fingerprint density at radius 3 is 2.68 bits per heavy atom. The number of nitrogens with two attached hydrogens (primary N) is 2. The standard InChI is InChI=1S/C21H30N2O2/c22-20-4-2-1-3-17-14-19(21(23)24)8-6-16(17)5-7-18(20)13-15-9-11-25-12-10-15/h4,6,8,14-15,18H,1-3,5,7,9-13,22H2,(H2,23,24)/b20-4-. The van der Waals surface area contributed by atoms with Gasteiger partial charge < -0.3 is 16.2 Å². The number of fused-ring (bicyclic) bond motifs is 1. The van der Waals surface area contributed by atoms with E-state index in [-0.39, 0.29) is 5.91 Å². The zero-order chi connectivity index (χ0) is 17.6. The summed E-state index contributed by atoms with van der Waals surface area (Å²) in [7, 11) is 0. The second-order valence-corrected chi connectivity index (χ2v) is 7.47. The minimum Gasteiger partial charge on any atom is -0.402 e. The van der Waals surface area contributed by atoms with Gasteiger partial charge in [0.25, 0.3) is 0 Å². The first-order valence-corrected chi connectivity index (χ1v) is 9.58. The molecule has 0 saturated carbocycles. The average Bonchev–Trinajstić information content (AvgIpc) is 2.63. The Balaban J connectivity index is 1.74. The van der Waals surface area contributed by atoms with Crippen LogP contribution in [0.1, 0.15) is 60.0 Å². The summed E-state index contributed by atoms with van der Waals surface area (Å²) < 4.78 is 5.49. The van der Waals surface area contributed by atoms with E-state index in [1.165, 1.54) is 17.5 Å². The number of carbonyl (C=O) groups excluding carboxylic acids is 1. The summed E-state index contributed by atoms with van der Waals surface area (Å²) >= 11 is 0. The molecule has 1 amide bonds. The molecule has 1 saturated heterocycles.